The van der Waals surface area contributed by atoms with Crippen molar-refractivity contribution in [3.8, 4) is 17.2 Å². The number of pyridine rings is 1. The molecule has 0 spiro atoms. The number of benzene rings is 2. The first-order valence-electron chi connectivity index (χ1n) is 11.4. The number of hydrogen-bond acceptors (Lipinski definition) is 6. The van der Waals surface area contributed by atoms with Crippen molar-refractivity contribution in [2.75, 3.05) is 11.9 Å². The number of carbonyl (C=O) groups excluding carboxylic acids is 2. The molecule has 0 fully saturated rings. The standard InChI is InChI=1S/C27H25N5O4/c1-4-28-26(34)22-16-21(13-14-29-22)36-20-11-9-19(10-12-20)30-27(35)25-18(3)15-24(33)32(31-25)23-8-6-5-7-17(23)2/h5-16H,4H2,1-3H3,(H,28,34)(H,30,35). The fourth-order valence-electron chi connectivity index (χ4n) is 3.52. The number of ether oxygens (including phenoxy) is 1. The van der Waals surface area contributed by atoms with Crippen LogP contribution in [0.15, 0.2) is 77.7 Å². The van der Waals surface area contributed by atoms with E-state index < -0.39 is 5.91 Å². The molecule has 2 aromatic heterocycles. The maximum absolute atomic E-state index is 13.0. The molecular weight excluding hydrogens is 458 g/mol. The summed E-state index contributed by atoms with van der Waals surface area (Å²) in [4.78, 5) is 41.5. The van der Waals surface area contributed by atoms with Gasteiger partial charge in [-0.3, -0.25) is 19.4 Å². The summed E-state index contributed by atoms with van der Waals surface area (Å²) in [5, 5.41) is 9.84. The Morgan fingerprint density at radius 2 is 1.67 bits per heavy atom. The first-order valence-corrected chi connectivity index (χ1v) is 11.4. The molecule has 0 bridgehead atoms. The second kappa shape index (κ2) is 10.6. The van der Waals surface area contributed by atoms with Gasteiger partial charge in [0.25, 0.3) is 17.4 Å². The van der Waals surface area contributed by atoms with Gasteiger partial charge >= 0.3 is 0 Å². The van der Waals surface area contributed by atoms with Gasteiger partial charge < -0.3 is 15.4 Å². The lowest BCUT2D eigenvalue weighted by atomic mass is 10.2. The van der Waals surface area contributed by atoms with Crippen molar-refractivity contribution < 1.29 is 14.3 Å². The fraction of sp³-hybridized carbons (Fsp3) is 0.148. The minimum Gasteiger partial charge on any atom is -0.457 e. The third-order valence-electron chi connectivity index (χ3n) is 5.33. The molecule has 0 saturated carbocycles. The Morgan fingerprint density at radius 3 is 2.39 bits per heavy atom. The minimum absolute atomic E-state index is 0.146. The van der Waals surface area contributed by atoms with Crippen LogP contribution in [0.2, 0.25) is 0 Å². The van der Waals surface area contributed by atoms with E-state index in [-0.39, 0.29) is 22.9 Å². The van der Waals surface area contributed by atoms with Gasteiger partial charge in [-0.25, -0.2) is 0 Å². The highest BCUT2D eigenvalue weighted by molar-refractivity contribution is 6.03. The third kappa shape index (κ3) is 5.47. The molecule has 2 amide bonds. The number of aryl methyl sites for hydroxylation is 2. The molecule has 0 aliphatic rings. The van der Waals surface area contributed by atoms with E-state index in [4.69, 9.17) is 4.74 Å². The van der Waals surface area contributed by atoms with E-state index in [1.807, 2.05) is 32.0 Å². The van der Waals surface area contributed by atoms with Crippen molar-refractivity contribution in [1.82, 2.24) is 20.1 Å². The Kier molecular flexibility index (Phi) is 7.20. The van der Waals surface area contributed by atoms with Crippen LogP contribution in [-0.4, -0.2) is 33.1 Å². The number of amides is 2. The molecule has 2 N–H and O–H groups in total. The van der Waals surface area contributed by atoms with Crippen molar-refractivity contribution in [3.63, 3.8) is 0 Å². The molecule has 0 unspecified atom stereocenters. The Morgan fingerprint density at radius 1 is 0.917 bits per heavy atom. The van der Waals surface area contributed by atoms with Gasteiger partial charge in [0.15, 0.2) is 5.69 Å². The highest BCUT2D eigenvalue weighted by Crippen LogP contribution is 2.23. The monoisotopic (exact) mass is 483 g/mol. The predicted octanol–water partition coefficient (Wildman–Crippen LogP) is 4.04. The number of aromatic nitrogens is 3. The third-order valence-corrected chi connectivity index (χ3v) is 5.33. The van der Waals surface area contributed by atoms with Crippen LogP contribution in [0.1, 0.15) is 39.0 Å². The quantitative estimate of drug-likeness (QED) is 0.410. The number of hydrogen-bond donors (Lipinski definition) is 2. The summed E-state index contributed by atoms with van der Waals surface area (Å²) in [6.07, 6.45) is 1.50. The van der Waals surface area contributed by atoms with Crippen LogP contribution in [0.25, 0.3) is 5.69 Å². The molecule has 0 saturated heterocycles. The number of carbonyl (C=O) groups is 2. The maximum Gasteiger partial charge on any atom is 0.276 e. The number of nitrogens with one attached hydrogen (secondary N) is 2. The van der Waals surface area contributed by atoms with Gasteiger partial charge in [0.2, 0.25) is 0 Å². The van der Waals surface area contributed by atoms with Gasteiger partial charge in [0, 0.05) is 30.6 Å². The molecule has 36 heavy (non-hydrogen) atoms. The zero-order valence-corrected chi connectivity index (χ0v) is 20.1. The Hall–Kier alpha value is -4.79. The molecule has 2 heterocycles. The summed E-state index contributed by atoms with van der Waals surface area (Å²) in [6, 6.07) is 18.7. The molecule has 0 atom stereocenters. The van der Waals surface area contributed by atoms with E-state index in [0.717, 1.165) is 5.56 Å². The van der Waals surface area contributed by atoms with Crippen LogP contribution in [0.5, 0.6) is 11.5 Å². The van der Waals surface area contributed by atoms with Gasteiger partial charge in [0.1, 0.15) is 17.2 Å². The van der Waals surface area contributed by atoms with Gasteiger partial charge in [0.05, 0.1) is 5.69 Å². The molecular formula is C27H25N5O4. The van der Waals surface area contributed by atoms with Crippen molar-refractivity contribution in [2.24, 2.45) is 0 Å². The molecule has 2 aromatic carbocycles. The zero-order chi connectivity index (χ0) is 25.7. The minimum atomic E-state index is -0.441. The zero-order valence-electron chi connectivity index (χ0n) is 20.1. The Balaban J connectivity index is 1.49. The highest BCUT2D eigenvalue weighted by Gasteiger charge is 2.16. The number of para-hydroxylation sites is 1. The average Bonchev–Trinajstić information content (AvgIpc) is 2.86. The van der Waals surface area contributed by atoms with E-state index in [0.29, 0.717) is 35.0 Å². The molecule has 9 nitrogen and oxygen atoms in total. The van der Waals surface area contributed by atoms with Crippen LogP contribution < -0.4 is 20.9 Å². The van der Waals surface area contributed by atoms with Crippen molar-refractivity contribution in [3.05, 3.63) is 106 Å². The first kappa shape index (κ1) is 24.3. The summed E-state index contributed by atoms with van der Waals surface area (Å²) < 4.78 is 7.05. The second-order valence-corrected chi connectivity index (χ2v) is 8.03. The van der Waals surface area contributed by atoms with Gasteiger partial charge in [-0.15, -0.1) is 0 Å². The van der Waals surface area contributed by atoms with Crippen LogP contribution in [0.3, 0.4) is 0 Å². The molecule has 4 aromatic rings. The number of nitrogens with zero attached hydrogens (tertiary/aromatic N) is 3. The van der Waals surface area contributed by atoms with E-state index in [9.17, 15) is 14.4 Å². The summed E-state index contributed by atoms with van der Waals surface area (Å²) in [5.41, 5.74) is 2.57. The first-order chi connectivity index (χ1) is 17.4. The summed E-state index contributed by atoms with van der Waals surface area (Å²) in [7, 11) is 0. The lowest BCUT2D eigenvalue weighted by Crippen LogP contribution is -2.27. The van der Waals surface area contributed by atoms with E-state index in [2.05, 4.69) is 20.7 Å². The smallest absolute Gasteiger partial charge is 0.276 e. The highest BCUT2D eigenvalue weighted by atomic mass is 16.5. The summed E-state index contributed by atoms with van der Waals surface area (Å²) in [5.74, 6) is 0.257. The van der Waals surface area contributed by atoms with Crippen molar-refractivity contribution in [1.29, 1.82) is 0 Å². The van der Waals surface area contributed by atoms with Crippen LogP contribution in [-0.2, 0) is 0 Å². The average molecular weight is 484 g/mol. The Bertz CT molecular complexity index is 1480. The fourth-order valence-corrected chi connectivity index (χ4v) is 3.52. The Labute approximate surface area is 207 Å². The van der Waals surface area contributed by atoms with Crippen LogP contribution in [0.4, 0.5) is 5.69 Å². The van der Waals surface area contributed by atoms with Crippen LogP contribution >= 0.6 is 0 Å². The van der Waals surface area contributed by atoms with Crippen molar-refractivity contribution >= 4 is 17.5 Å². The molecule has 9 heteroatoms. The largest absolute Gasteiger partial charge is 0.457 e. The SMILES string of the molecule is CCNC(=O)c1cc(Oc2ccc(NC(=O)c3nn(-c4ccccc4C)c(=O)cc3C)cc2)ccn1. The van der Waals surface area contributed by atoms with Gasteiger partial charge in [-0.2, -0.15) is 9.78 Å². The normalized spacial score (nSPS) is 10.5. The number of anilines is 1. The van der Waals surface area contributed by atoms with E-state index >= 15 is 0 Å². The molecule has 182 valence electrons. The van der Waals surface area contributed by atoms with Gasteiger partial charge in [-0.1, -0.05) is 18.2 Å². The van der Waals surface area contributed by atoms with Crippen LogP contribution in [0, 0.1) is 13.8 Å². The van der Waals surface area contributed by atoms with E-state index in [1.54, 1.807) is 49.4 Å². The lowest BCUT2D eigenvalue weighted by Gasteiger charge is -2.12. The molecule has 0 aliphatic heterocycles. The molecule has 0 aliphatic carbocycles. The molecule has 0 radical (unpaired) electrons. The van der Waals surface area contributed by atoms with E-state index in [1.165, 1.54) is 16.9 Å². The van der Waals surface area contributed by atoms with Crippen molar-refractivity contribution in [2.45, 2.75) is 20.8 Å². The number of rotatable bonds is 7. The molecule has 4 rings (SSSR count). The maximum atomic E-state index is 13.0. The summed E-state index contributed by atoms with van der Waals surface area (Å²) in [6.45, 7) is 5.88. The lowest BCUT2D eigenvalue weighted by molar-refractivity contribution is 0.0949. The van der Waals surface area contributed by atoms with Gasteiger partial charge in [-0.05, 0) is 68.3 Å². The summed E-state index contributed by atoms with van der Waals surface area (Å²) >= 11 is 0. The predicted molar refractivity (Wildman–Crippen MR) is 136 cm³/mol. The topological polar surface area (TPSA) is 115 Å². The second-order valence-electron chi connectivity index (χ2n) is 8.03.